The predicted octanol–water partition coefficient (Wildman–Crippen LogP) is 2.33. The molecule has 0 aromatic heterocycles. The first kappa shape index (κ1) is 11.1. The number of hydrogen-bond acceptors (Lipinski definition) is 2. The van der Waals surface area contributed by atoms with Crippen molar-refractivity contribution in [2.75, 3.05) is 19.6 Å². The molecule has 1 aliphatic carbocycles. The van der Waals surface area contributed by atoms with Crippen molar-refractivity contribution in [2.45, 2.75) is 39.5 Å². The quantitative estimate of drug-likeness (QED) is 0.708. The second kappa shape index (κ2) is 4.65. The zero-order valence-electron chi connectivity index (χ0n) is 10.0. The summed E-state index contributed by atoms with van der Waals surface area (Å²) in [4.78, 5) is 14.0. The Labute approximate surface area is 93.0 Å². The van der Waals surface area contributed by atoms with Gasteiger partial charge in [-0.3, -0.25) is 9.69 Å². The third-order valence-corrected chi connectivity index (χ3v) is 3.99. The molecule has 0 aromatic rings. The second-order valence-electron chi connectivity index (χ2n) is 5.60. The zero-order valence-corrected chi connectivity index (χ0v) is 10.0. The van der Waals surface area contributed by atoms with E-state index >= 15 is 0 Å². The Morgan fingerprint density at radius 2 is 1.80 bits per heavy atom. The molecule has 2 heteroatoms. The van der Waals surface area contributed by atoms with E-state index in [0.717, 1.165) is 44.3 Å². The first-order chi connectivity index (χ1) is 7.16. The van der Waals surface area contributed by atoms with Crippen molar-refractivity contribution >= 4 is 5.78 Å². The summed E-state index contributed by atoms with van der Waals surface area (Å²) >= 11 is 0. The van der Waals surface area contributed by atoms with E-state index in [-0.39, 0.29) is 0 Å². The van der Waals surface area contributed by atoms with Crippen LogP contribution in [0.2, 0.25) is 0 Å². The molecule has 2 rings (SSSR count). The molecule has 15 heavy (non-hydrogen) atoms. The Hall–Kier alpha value is -0.370. The summed E-state index contributed by atoms with van der Waals surface area (Å²) in [7, 11) is 0. The lowest BCUT2D eigenvalue weighted by molar-refractivity contribution is -0.121. The second-order valence-corrected chi connectivity index (χ2v) is 5.60. The van der Waals surface area contributed by atoms with E-state index < -0.39 is 0 Å². The molecule has 0 amide bonds. The van der Waals surface area contributed by atoms with Crippen LogP contribution in [0.3, 0.4) is 0 Å². The largest absolute Gasteiger partial charge is 0.298 e. The number of piperidine rings is 1. The minimum atomic E-state index is 0.438. The maximum absolute atomic E-state index is 11.6. The summed E-state index contributed by atoms with van der Waals surface area (Å²) in [6.45, 7) is 7.64. The van der Waals surface area contributed by atoms with Crippen molar-refractivity contribution in [3.05, 3.63) is 0 Å². The normalized spacial score (nSPS) is 24.7. The van der Waals surface area contributed by atoms with Crippen LogP contribution in [0.25, 0.3) is 0 Å². The first-order valence-electron chi connectivity index (χ1n) is 6.42. The van der Waals surface area contributed by atoms with Crippen LogP contribution in [0.5, 0.6) is 0 Å². The van der Waals surface area contributed by atoms with Gasteiger partial charge in [-0.25, -0.2) is 0 Å². The summed E-state index contributed by atoms with van der Waals surface area (Å²) < 4.78 is 0. The number of ketones is 1. The third-order valence-electron chi connectivity index (χ3n) is 3.99. The minimum absolute atomic E-state index is 0.438. The molecule has 0 radical (unpaired) electrons. The number of carbonyl (C=O) groups is 1. The molecular formula is C13H23NO. The van der Waals surface area contributed by atoms with Crippen molar-refractivity contribution in [3.8, 4) is 0 Å². The lowest BCUT2D eigenvalue weighted by Gasteiger charge is -2.33. The highest BCUT2D eigenvalue weighted by atomic mass is 16.1. The number of hydrogen-bond donors (Lipinski definition) is 0. The molecule has 0 aromatic carbocycles. The van der Waals surface area contributed by atoms with E-state index in [2.05, 4.69) is 18.7 Å². The number of carbonyl (C=O) groups excluding carboxylic acids is 1. The van der Waals surface area contributed by atoms with Gasteiger partial charge >= 0.3 is 0 Å². The average molecular weight is 209 g/mol. The smallest absolute Gasteiger partial charge is 0.149 e. The number of nitrogens with zero attached hydrogens (tertiary/aromatic N) is 1. The fraction of sp³-hybridized carbons (Fsp3) is 0.923. The number of rotatable bonds is 4. The lowest BCUT2D eigenvalue weighted by Crippen LogP contribution is -2.38. The van der Waals surface area contributed by atoms with Gasteiger partial charge in [0.25, 0.3) is 0 Å². The molecule has 1 saturated heterocycles. The molecule has 0 unspecified atom stereocenters. The van der Waals surface area contributed by atoms with Gasteiger partial charge < -0.3 is 0 Å². The van der Waals surface area contributed by atoms with Crippen LogP contribution in [0.4, 0.5) is 0 Å². The van der Waals surface area contributed by atoms with Crippen LogP contribution in [0, 0.1) is 17.8 Å². The van der Waals surface area contributed by atoms with Gasteiger partial charge in [-0.1, -0.05) is 13.8 Å². The van der Waals surface area contributed by atoms with E-state index in [1.807, 2.05) is 0 Å². The third kappa shape index (κ3) is 3.04. The maximum Gasteiger partial charge on any atom is 0.149 e. The highest BCUT2D eigenvalue weighted by molar-refractivity contribution is 5.84. The monoisotopic (exact) mass is 209 g/mol. The molecule has 2 fully saturated rings. The fourth-order valence-corrected chi connectivity index (χ4v) is 2.53. The van der Waals surface area contributed by atoms with Crippen molar-refractivity contribution in [3.63, 3.8) is 0 Å². The van der Waals surface area contributed by atoms with Crippen molar-refractivity contribution in [2.24, 2.45) is 17.8 Å². The Balaban J connectivity index is 1.70. The Kier molecular flexibility index (Phi) is 3.45. The van der Waals surface area contributed by atoms with Crippen LogP contribution in [0.1, 0.15) is 39.5 Å². The Morgan fingerprint density at radius 1 is 1.20 bits per heavy atom. The molecule has 2 aliphatic rings. The zero-order chi connectivity index (χ0) is 10.8. The SMILES string of the molecule is CC(C)C1CCN(CC(=O)C2CC2)CC1. The van der Waals surface area contributed by atoms with E-state index in [4.69, 9.17) is 0 Å². The number of Topliss-reactive ketones (excluding diaryl/α,β-unsaturated/α-hetero) is 1. The topological polar surface area (TPSA) is 20.3 Å². The van der Waals surface area contributed by atoms with Crippen LogP contribution in [-0.2, 0) is 4.79 Å². The van der Waals surface area contributed by atoms with Gasteiger partial charge in [-0.15, -0.1) is 0 Å². The van der Waals surface area contributed by atoms with Crippen LogP contribution in [0.15, 0.2) is 0 Å². The standard InChI is InChI=1S/C13H23NO/c1-10(2)11-5-7-14(8-6-11)9-13(15)12-3-4-12/h10-12H,3-9H2,1-2H3. The predicted molar refractivity (Wildman–Crippen MR) is 61.7 cm³/mol. The molecule has 1 heterocycles. The van der Waals surface area contributed by atoms with Crippen LogP contribution < -0.4 is 0 Å². The lowest BCUT2D eigenvalue weighted by atomic mass is 9.86. The maximum atomic E-state index is 11.6. The molecule has 1 aliphatic heterocycles. The minimum Gasteiger partial charge on any atom is -0.298 e. The molecule has 1 saturated carbocycles. The highest BCUT2D eigenvalue weighted by Gasteiger charge is 2.31. The summed E-state index contributed by atoms with van der Waals surface area (Å²) in [5.74, 6) is 2.63. The Bertz CT molecular complexity index is 225. The van der Waals surface area contributed by atoms with Gasteiger partial charge in [0.2, 0.25) is 0 Å². The summed E-state index contributed by atoms with van der Waals surface area (Å²) in [5.41, 5.74) is 0. The fourth-order valence-electron chi connectivity index (χ4n) is 2.53. The summed E-state index contributed by atoms with van der Waals surface area (Å²) in [5, 5.41) is 0. The van der Waals surface area contributed by atoms with Gasteiger partial charge in [-0.05, 0) is 50.6 Å². The molecule has 86 valence electrons. The van der Waals surface area contributed by atoms with Gasteiger partial charge in [0, 0.05) is 5.92 Å². The Morgan fingerprint density at radius 3 is 2.27 bits per heavy atom. The molecule has 0 bridgehead atoms. The highest BCUT2D eigenvalue weighted by Crippen LogP contribution is 2.31. The van der Waals surface area contributed by atoms with Gasteiger partial charge in [-0.2, -0.15) is 0 Å². The summed E-state index contributed by atoms with van der Waals surface area (Å²) in [6.07, 6.45) is 4.88. The van der Waals surface area contributed by atoms with Crippen molar-refractivity contribution in [1.82, 2.24) is 4.90 Å². The van der Waals surface area contributed by atoms with E-state index in [1.165, 1.54) is 12.8 Å². The first-order valence-corrected chi connectivity index (χ1v) is 6.42. The van der Waals surface area contributed by atoms with Crippen LogP contribution in [-0.4, -0.2) is 30.3 Å². The van der Waals surface area contributed by atoms with E-state index in [0.29, 0.717) is 11.7 Å². The van der Waals surface area contributed by atoms with Gasteiger partial charge in [0.15, 0.2) is 0 Å². The number of likely N-dealkylation sites (tertiary alicyclic amines) is 1. The summed E-state index contributed by atoms with van der Waals surface area (Å²) in [6, 6.07) is 0. The average Bonchev–Trinajstić information content (AvgIpc) is 3.01. The molecule has 2 nitrogen and oxygen atoms in total. The van der Waals surface area contributed by atoms with Crippen molar-refractivity contribution in [1.29, 1.82) is 0 Å². The molecule has 0 spiro atoms. The van der Waals surface area contributed by atoms with Gasteiger partial charge in [0.05, 0.1) is 6.54 Å². The molecule has 0 N–H and O–H groups in total. The molecular weight excluding hydrogens is 186 g/mol. The molecule has 0 atom stereocenters. The van der Waals surface area contributed by atoms with Crippen LogP contribution >= 0.6 is 0 Å². The van der Waals surface area contributed by atoms with E-state index in [1.54, 1.807) is 0 Å². The van der Waals surface area contributed by atoms with E-state index in [9.17, 15) is 4.79 Å². The van der Waals surface area contributed by atoms with Crippen molar-refractivity contribution < 1.29 is 4.79 Å². The van der Waals surface area contributed by atoms with Gasteiger partial charge in [0.1, 0.15) is 5.78 Å².